The molecule has 1 aromatic carbocycles. The molecule has 1 N–H and O–H groups in total. The number of nitrogens with one attached hydrogen (secondary N) is 1. The molecule has 1 saturated heterocycles. The van der Waals surface area contributed by atoms with Crippen LogP contribution in [0.4, 0.5) is 0 Å². The number of piperazine rings is 1. The number of rotatable bonds is 8. The van der Waals surface area contributed by atoms with Gasteiger partial charge in [0, 0.05) is 52.2 Å². The van der Waals surface area contributed by atoms with Gasteiger partial charge in [-0.15, -0.1) is 0 Å². The molecule has 3 rings (SSSR count). The van der Waals surface area contributed by atoms with Gasteiger partial charge in [0.15, 0.2) is 5.96 Å². The van der Waals surface area contributed by atoms with Gasteiger partial charge in [0.25, 0.3) is 0 Å². The molecule has 0 spiro atoms. The van der Waals surface area contributed by atoms with Gasteiger partial charge in [0.2, 0.25) is 0 Å². The van der Waals surface area contributed by atoms with Crippen LogP contribution in [0.25, 0.3) is 0 Å². The summed E-state index contributed by atoms with van der Waals surface area (Å²) < 4.78 is 11.2. The number of furan rings is 1. The summed E-state index contributed by atoms with van der Waals surface area (Å²) in [5, 5.41) is 3.41. The van der Waals surface area contributed by atoms with E-state index in [0.717, 1.165) is 76.3 Å². The van der Waals surface area contributed by atoms with Crippen LogP contribution in [-0.2, 0) is 6.42 Å². The average molecular weight is 370 g/mol. The highest BCUT2D eigenvalue weighted by Crippen LogP contribution is 2.09. The second-order valence-electron chi connectivity index (χ2n) is 6.56. The maximum absolute atomic E-state index is 5.81. The Morgan fingerprint density at radius 1 is 1.11 bits per heavy atom. The summed E-state index contributed by atoms with van der Waals surface area (Å²) in [7, 11) is 0. The van der Waals surface area contributed by atoms with Gasteiger partial charge in [-0.25, -0.2) is 0 Å². The Hall–Kier alpha value is -2.47. The van der Waals surface area contributed by atoms with Crippen molar-refractivity contribution in [2.24, 2.45) is 4.99 Å². The highest BCUT2D eigenvalue weighted by Gasteiger charge is 2.19. The van der Waals surface area contributed by atoms with Crippen molar-refractivity contribution in [3.05, 3.63) is 54.5 Å². The maximum atomic E-state index is 5.81. The topological polar surface area (TPSA) is 53.2 Å². The number of nitrogens with zero attached hydrogens (tertiary/aromatic N) is 3. The van der Waals surface area contributed by atoms with E-state index in [0.29, 0.717) is 0 Å². The van der Waals surface area contributed by atoms with Crippen LogP contribution >= 0.6 is 0 Å². The molecule has 1 aliphatic heterocycles. The van der Waals surface area contributed by atoms with Crippen molar-refractivity contribution >= 4 is 5.96 Å². The maximum Gasteiger partial charge on any atom is 0.194 e. The molecular weight excluding hydrogens is 340 g/mol. The Kier molecular flexibility index (Phi) is 7.59. The first-order valence-corrected chi connectivity index (χ1v) is 9.81. The summed E-state index contributed by atoms with van der Waals surface area (Å²) in [6.45, 7) is 9.43. The Bertz CT molecular complexity index is 665. The van der Waals surface area contributed by atoms with Crippen molar-refractivity contribution in [3.8, 4) is 5.75 Å². The molecule has 1 fully saturated rings. The van der Waals surface area contributed by atoms with Gasteiger partial charge in [-0.2, -0.15) is 0 Å². The molecule has 0 amide bonds. The first kappa shape index (κ1) is 19.3. The number of guanidine groups is 1. The zero-order chi connectivity index (χ0) is 18.7. The summed E-state index contributed by atoms with van der Waals surface area (Å²) in [6.07, 6.45) is 2.55. The van der Waals surface area contributed by atoms with Crippen LogP contribution in [0.2, 0.25) is 0 Å². The number of hydrogen-bond donors (Lipinski definition) is 1. The van der Waals surface area contributed by atoms with Gasteiger partial charge in [-0.3, -0.25) is 9.89 Å². The first-order chi connectivity index (χ1) is 13.3. The van der Waals surface area contributed by atoms with E-state index in [1.165, 1.54) is 0 Å². The Morgan fingerprint density at radius 2 is 1.93 bits per heavy atom. The zero-order valence-electron chi connectivity index (χ0n) is 16.1. The Balaban J connectivity index is 1.40. The standard InChI is InChI=1S/C21H30N4O2/c1-2-22-21(23-11-10-20-9-6-17-26-20)25-14-12-24(13-15-25)16-18-27-19-7-4-3-5-8-19/h3-9,17H,2,10-16,18H2,1H3,(H,22,23). The van der Waals surface area contributed by atoms with Crippen LogP contribution < -0.4 is 10.1 Å². The van der Waals surface area contributed by atoms with Crippen molar-refractivity contribution in [2.75, 3.05) is 52.4 Å². The molecule has 6 heteroatoms. The highest BCUT2D eigenvalue weighted by atomic mass is 16.5. The fourth-order valence-electron chi connectivity index (χ4n) is 3.15. The molecule has 27 heavy (non-hydrogen) atoms. The van der Waals surface area contributed by atoms with E-state index in [4.69, 9.17) is 14.1 Å². The Morgan fingerprint density at radius 3 is 2.63 bits per heavy atom. The molecular formula is C21H30N4O2. The van der Waals surface area contributed by atoms with Gasteiger partial charge in [0.05, 0.1) is 6.26 Å². The zero-order valence-corrected chi connectivity index (χ0v) is 16.1. The summed E-state index contributed by atoms with van der Waals surface area (Å²) in [5.74, 6) is 2.93. The second-order valence-corrected chi connectivity index (χ2v) is 6.56. The van der Waals surface area contributed by atoms with Crippen molar-refractivity contribution in [1.82, 2.24) is 15.1 Å². The molecule has 0 bridgehead atoms. The van der Waals surface area contributed by atoms with E-state index in [1.54, 1.807) is 6.26 Å². The van der Waals surface area contributed by atoms with Gasteiger partial charge < -0.3 is 19.4 Å². The van der Waals surface area contributed by atoms with Crippen LogP contribution in [0.15, 0.2) is 58.1 Å². The van der Waals surface area contributed by atoms with E-state index in [-0.39, 0.29) is 0 Å². The minimum Gasteiger partial charge on any atom is -0.492 e. The molecule has 1 aromatic heterocycles. The highest BCUT2D eigenvalue weighted by molar-refractivity contribution is 5.80. The molecule has 0 atom stereocenters. The molecule has 0 unspecified atom stereocenters. The lowest BCUT2D eigenvalue weighted by atomic mass is 10.3. The van der Waals surface area contributed by atoms with Crippen molar-refractivity contribution in [3.63, 3.8) is 0 Å². The normalized spacial score (nSPS) is 15.7. The van der Waals surface area contributed by atoms with Crippen LogP contribution in [0, 0.1) is 0 Å². The molecule has 0 radical (unpaired) electrons. The SMILES string of the molecule is CCNC(=NCCc1ccco1)N1CCN(CCOc2ccccc2)CC1. The lowest BCUT2D eigenvalue weighted by Crippen LogP contribution is -2.53. The van der Waals surface area contributed by atoms with Gasteiger partial charge in [-0.1, -0.05) is 18.2 Å². The number of benzene rings is 1. The predicted molar refractivity (Wildman–Crippen MR) is 108 cm³/mol. The lowest BCUT2D eigenvalue weighted by molar-refractivity contribution is 0.152. The third kappa shape index (κ3) is 6.32. The number of hydrogen-bond acceptors (Lipinski definition) is 4. The lowest BCUT2D eigenvalue weighted by Gasteiger charge is -2.36. The molecule has 1 aliphatic rings. The summed E-state index contributed by atoms with van der Waals surface area (Å²) in [5.41, 5.74) is 0. The Labute approximate surface area is 161 Å². The minimum atomic E-state index is 0.724. The van der Waals surface area contributed by atoms with Gasteiger partial charge in [0.1, 0.15) is 18.1 Å². The average Bonchev–Trinajstić information content (AvgIpc) is 3.22. The number of aliphatic imine (C=N–C) groups is 1. The van der Waals surface area contributed by atoms with E-state index in [1.807, 2.05) is 42.5 Å². The van der Waals surface area contributed by atoms with Gasteiger partial charge >= 0.3 is 0 Å². The fourth-order valence-corrected chi connectivity index (χ4v) is 3.15. The molecule has 0 aliphatic carbocycles. The van der Waals surface area contributed by atoms with Crippen LogP contribution in [0.5, 0.6) is 5.75 Å². The van der Waals surface area contributed by atoms with E-state index in [9.17, 15) is 0 Å². The molecule has 0 saturated carbocycles. The minimum absolute atomic E-state index is 0.724. The molecule has 2 aromatic rings. The van der Waals surface area contributed by atoms with Crippen LogP contribution in [0.1, 0.15) is 12.7 Å². The van der Waals surface area contributed by atoms with Crippen molar-refractivity contribution in [2.45, 2.75) is 13.3 Å². The third-order valence-corrected chi connectivity index (χ3v) is 4.63. The number of ether oxygens (including phenoxy) is 1. The smallest absolute Gasteiger partial charge is 0.194 e. The third-order valence-electron chi connectivity index (χ3n) is 4.63. The second kappa shape index (κ2) is 10.6. The van der Waals surface area contributed by atoms with Crippen molar-refractivity contribution in [1.29, 1.82) is 0 Å². The molecule has 2 heterocycles. The molecule has 146 valence electrons. The quantitative estimate of drug-likeness (QED) is 0.572. The summed E-state index contributed by atoms with van der Waals surface area (Å²) in [6, 6.07) is 13.9. The number of para-hydroxylation sites is 1. The van der Waals surface area contributed by atoms with E-state index < -0.39 is 0 Å². The monoisotopic (exact) mass is 370 g/mol. The van der Waals surface area contributed by atoms with Crippen molar-refractivity contribution < 1.29 is 9.15 Å². The summed E-state index contributed by atoms with van der Waals surface area (Å²) >= 11 is 0. The largest absolute Gasteiger partial charge is 0.492 e. The van der Waals surface area contributed by atoms with Crippen LogP contribution in [-0.4, -0.2) is 68.2 Å². The molecule has 6 nitrogen and oxygen atoms in total. The van der Waals surface area contributed by atoms with Crippen LogP contribution in [0.3, 0.4) is 0 Å². The van der Waals surface area contributed by atoms with E-state index >= 15 is 0 Å². The first-order valence-electron chi connectivity index (χ1n) is 9.81. The van der Waals surface area contributed by atoms with E-state index in [2.05, 4.69) is 22.0 Å². The summed E-state index contributed by atoms with van der Waals surface area (Å²) in [4.78, 5) is 9.56. The predicted octanol–water partition coefficient (Wildman–Crippen LogP) is 2.48. The fraction of sp³-hybridized carbons (Fsp3) is 0.476. The van der Waals surface area contributed by atoms with Gasteiger partial charge in [-0.05, 0) is 31.2 Å².